The molecule has 0 bridgehead atoms. The van der Waals surface area contributed by atoms with Gasteiger partial charge in [0.2, 0.25) is 0 Å². The van der Waals surface area contributed by atoms with E-state index >= 15 is 0 Å². The lowest BCUT2D eigenvalue weighted by molar-refractivity contribution is -0.161. The molecule has 0 saturated heterocycles. The van der Waals surface area contributed by atoms with Gasteiger partial charge in [0.15, 0.2) is 5.60 Å². The average Bonchev–Trinajstić information content (AvgIpc) is 2.03. The molecule has 76 valence electrons. The van der Waals surface area contributed by atoms with Crippen LogP contribution in [0.3, 0.4) is 0 Å². The molecular formula is C10H18O3. The average molecular weight is 186 g/mol. The maximum absolute atomic E-state index is 10.6. The largest absolute Gasteiger partial charge is 0.479 e. The van der Waals surface area contributed by atoms with E-state index in [0.29, 0.717) is 6.61 Å². The van der Waals surface area contributed by atoms with E-state index in [4.69, 9.17) is 9.84 Å². The lowest BCUT2D eigenvalue weighted by Crippen LogP contribution is -2.34. The zero-order chi connectivity index (χ0) is 10.3. The summed E-state index contributed by atoms with van der Waals surface area (Å²) in [7, 11) is 0. The number of carboxylic acids is 1. The Bertz CT molecular complexity index is 173. The van der Waals surface area contributed by atoms with Crippen molar-refractivity contribution < 1.29 is 14.6 Å². The third-order valence-corrected chi connectivity index (χ3v) is 1.78. The summed E-state index contributed by atoms with van der Waals surface area (Å²) in [5, 5.41) is 8.70. The van der Waals surface area contributed by atoms with Crippen LogP contribution in [-0.2, 0) is 9.53 Å². The Kier molecular flexibility index (Phi) is 5.39. The van der Waals surface area contributed by atoms with Gasteiger partial charge in [-0.05, 0) is 33.1 Å². The predicted molar refractivity (Wildman–Crippen MR) is 51.7 cm³/mol. The zero-order valence-corrected chi connectivity index (χ0v) is 8.38. The van der Waals surface area contributed by atoms with Crippen molar-refractivity contribution in [2.75, 3.05) is 6.61 Å². The van der Waals surface area contributed by atoms with Crippen LogP contribution in [0.2, 0.25) is 0 Å². The summed E-state index contributed by atoms with van der Waals surface area (Å²) in [5.41, 5.74) is -1.06. The first-order valence-electron chi connectivity index (χ1n) is 4.49. The minimum Gasteiger partial charge on any atom is -0.479 e. The summed E-state index contributed by atoms with van der Waals surface area (Å²) in [6, 6.07) is 0. The number of hydrogen-bond donors (Lipinski definition) is 1. The number of rotatable bonds is 7. The highest BCUT2D eigenvalue weighted by molar-refractivity contribution is 5.76. The topological polar surface area (TPSA) is 46.5 Å². The van der Waals surface area contributed by atoms with Gasteiger partial charge in [-0.15, -0.1) is 6.58 Å². The molecule has 0 aliphatic carbocycles. The Morgan fingerprint density at radius 2 is 2.15 bits per heavy atom. The second-order valence-electron chi connectivity index (χ2n) is 3.45. The first-order chi connectivity index (χ1) is 6.00. The molecule has 0 aliphatic rings. The van der Waals surface area contributed by atoms with Gasteiger partial charge in [0, 0.05) is 6.61 Å². The molecule has 0 fully saturated rings. The molecule has 0 aliphatic heterocycles. The number of unbranched alkanes of at least 4 members (excludes halogenated alkanes) is 2. The van der Waals surface area contributed by atoms with Gasteiger partial charge in [0.05, 0.1) is 0 Å². The molecule has 0 spiro atoms. The van der Waals surface area contributed by atoms with Gasteiger partial charge < -0.3 is 9.84 Å². The molecule has 0 aromatic heterocycles. The normalized spacial score (nSPS) is 11.2. The van der Waals surface area contributed by atoms with Gasteiger partial charge in [-0.25, -0.2) is 4.79 Å². The Labute approximate surface area is 79.4 Å². The van der Waals surface area contributed by atoms with E-state index in [9.17, 15) is 4.79 Å². The Morgan fingerprint density at radius 3 is 2.62 bits per heavy atom. The molecule has 0 heterocycles. The second kappa shape index (κ2) is 5.75. The number of carboxylic acid groups (broad SMARTS) is 1. The summed E-state index contributed by atoms with van der Waals surface area (Å²) in [6.45, 7) is 7.21. The molecule has 0 aromatic rings. The second-order valence-corrected chi connectivity index (χ2v) is 3.45. The standard InChI is InChI=1S/C10H18O3/c1-4-5-6-7-8-13-10(2,3)9(11)12/h4H,1,5-8H2,2-3H3,(H,11,12). The molecule has 13 heavy (non-hydrogen) atoms. The van der Waals surface area contributed by atoms with Crippen molar-refractivity contribution >= 4 is 5.97 Å². The smallest absolute Gasteiger partial charge is 0.335 e. The fraction of sp³-hybridized carbons (Fsp3) is 0.700. The number of carbonyl (C=O) groups is 1. The molecule has 1 N–H and O–H groups in total. The van der Waals surface area contributed by atoms with Crippen molar-refractivity contribution in [3.05, 3.63) is 12.7 Å². The summed E-state index contributed by atoms with van der Waals surface area (Å²) >= 11 is 0. The van der Waals surface area contributed by atoms with E-state index in [2.05, 4.69) is 6.58 Å². The molecule has 3 heteroatoms. The summed E-state index contributed by atoms with van der Waals surface area (Å²) in [6.07, 6.45) is 4.68. The van der Waals surface area contributed by atoms with Gasteiger partial charge in [-0.2, -0.15) is 0 Å². The maximum Gasteiger partial charge on any atom is 0.335 e. The number of hydrogen-bond acceptors (Lipinski definition) is 2. The molecule has 0 unspecified atom stereocenters. The van der Waals surface area contributed by atoms with Crippen molar-refractivity contribution in [2.24, 2.45) is 0 Å². The minimum atomic E-state index is -1.06. The van der Waals surface area contributed by atoms with Gasteiger partial charge in [-0.1, -0.05) is 6.08 Å². The van der Waals surface area contributed by atoms with Gasteiger partial charge >= 0.3 is 5.97 Å². The minimum absolute atomic E-state index is 0.493. The van der Waals surface area contributed by atoms with Crippen LogP contribution in [0, 0.1) is 0 Å². The first kappa shape index (κ1) is 12.2. The van der Waals surface area contributed by atoms with E-state index in [-0.39, 0.29) is 0 Å². The molecule has 0 radical (unpaired) electrons. The van der Waals surface area contributed by atoms with E-state index in [1.165, 1.54) is 0 Å². The van der Waals surface area contributed by atoms with Crippen molar-refractivity contribution in [1.82, 2.24) is 0 Å². The van der Waals surface area contributed by atoms with Crippen LogP contribution in [-0.4, -0.2) is 23.3 Å². The van der Waals surface area contributed by atoms with E-state index in [0.717, 1.165) is 19.3 Å². The number of ether oxygens (including phenoxy) is 1. The third-order valence-electron chi connectivity index (χ3n) is 1.78. The van der Waals surface area contributed by atoms with Gasteiger partial charge in [0.25, 0.3) is 0 Å². The van der Waals surface area contributed by atoms with Crippen molar-refractivity contribution in [1.29, 1.82) is 0 Å². The van der Waals surface area contributed by atoms with Crippen molar-refractivity contribution in [2.45, 2.75) is 38.7 Å². The molecule has 0 amide bonds. The molecule has 0 saturated carbocycles. The summed E-state index contributed by atoms with van der Waals surface area (Å²) in [5.74, 6) is -0.920. The third kappa shape index (κ3) is 5.42. The highest BCUT2D eigenvalue weighted by Crippen LogP contribution is 2.10. The van der Waals surface area contributed by atoms with Crippen LogP contribution in [0.5, 0.6) is 0 Å². The van der Waals surface area contributed by atoms with E-state index in [1.807, 2.05) is 6.08 Å². The fourth-order valence-corrected chi connectivity index (χ4v) is 0.780. The van der Waals surface area contributed by atoms with Gasteiger partial charge in [-0.3, -0.25) is 0 Å². The van der Waals surface area contributed by atoms with E-state index < -0.39 is 11.6 Å². The maximum atomic E-state index is 10.6. The first-order valence-corrected chi connectivity index (χ1v) is 4.49. The predicted octanol–water partition coefficient (Wildman–Crippen LogP) is 2.22. The van der Waals surface area contributed by atoms with E-state index in [1.54, 1.807) is 13.8 Å². The van der Waals surface area contributed by atoms with Crippen LogP contribution >= 0.6 is 0 Å². The molecule has 3 nitrogen and oxygen atoms in total. The summed E-state index contributed by atoms with van der Waals surface area (Å²) in [4.78, 5) is 10.6. The quantitative estimate of drug-likeness (QED) is 0.490. The van der Waals surface area contributed by atoms with Crippen LogP contribution in [0.15, 0.2) is 12.7 Å². The Hall–Kier alpha value is -0.830. The summed E-state index contributed by atoms with van der Waals surface area (Å²) < 4.78 is 5.20. The van der Waals surface area contributed by atoms with Crippen molar-refractivity contribution in [3.63, 3.8) is 0 Å². The van der Waals surface area contributed by atoms with Crippen LogP contribution < -0.4 is 0 Å². The number of aliphatic carboxylic acids is 1. The lowest BCUT2D eigenvalue weighted by atomic mass is 10.1. The number of allylic oxidation sites excluding steroid dienone is 1. The molecule has 0 atom stereocenters. The van der Waals surface area contributed by atoms with Crippen LogP contribution in [0.1, 0.15) is 33.1 Å². The van der Waals surface area contributed by atoms with Gasteiger partial charge in [0.1, 0.15) is 0 Å². The monoisotopic (exact) mass is 186 g/mol. The molecule has 0 aromatic carbocycles. The lowest BCUT2D eigenvalue weighted by Gasteiger charge is -2.19. The highest BCUT2D eigenvalue weighted by atomic mass is 16.5. The Morgan fingerprint density at radius 1 is 1.54 bits per heavy atom. The SMILES string of the molecule is C=CCCCCOC(C)(C)C(=O)O. The van der Waals surface area contributed by atoms with Crippen LogP contribution in [0.4, 0.5) is 0 Å². The highest BCUT2D eigenvalue weighted by Gasteiger charge is 2.27. The van der Waals surface area contributed by atoms with Crippen molar-refractivity contribution in [3.8, 4) is 0 Å². The van der Waals surface area contributed by atoms with Crippen LogP contribution in [0.25, 0.3) is 0 Å². The fourth-order valence-electron chi connectivity index (χ4n) is 0.780. The zero-order valence-electron chi connectivity index (χ0n) is 8.38. The molecular weight excluding hydrogens is 168 g/mol. The Balaban J connectivity index is 3.52. The molecule has 0 rings (SSSR count).